The first-order chi connectivity index (χ1) is 26.9. The highest BCUT2D eigenvalue weighted by Gasteiger charge is 2.39. The number of halogens is 1. The SMILES string of the molecule is CC(C)(C)OC(=O)N1CCN(S(=O)(=O)c2ccccc2)[C@@H](CCc2c(F)cccc2CC(=O)C(OCc2ccccc2)C(c2ccccc2)c2ccccc2)C1. The third kappa shape index (κ3) is 10.2. The van der Waals surface area contributed by atoms with Gasteiger partial charge in [0.05, 0.1) is 11.5 Å². The lowest BCUT2D eigenvalue weighted by Crippen LogP contribution is -2.57. The van der Waals surface area contributed by atoms with Crippen LogP contribution in [0, 0.1) is 5.82 Å². The number of piperazine rings is 1. The van der Waals surface area contributed by atoms with Crippen molar-refractivity contribution in [1.29, 1.82) is 0 Å². The van der Waals surface area contributed by atoms with E-state index in [4.69, 9.17) is 9.47 Å². The van der Waals surface area contributed by atoms with Gasteiger partial charge in [0.1, 0.15) is 17.5 Å². The zero-order chi connectivity index (χ0) is 39.7. The van der Waals surface area contributed by atoms with Gasteiger partial charge >= 0.3 is 6.09 Å². The van der Waals surface area contributed by atoms with Gasteiger partial charge in [-0.05, 0) is 79.6 Å². The lowest BCUT2D eigenvalue weighted by atomic mass is 9.83. The second kappa shape index (κ2) is 18.2. The van der Waals surface area contributed by atoms with Gasteiger partial charge in [0, 0.05) is 38.0 Å². The minimum Gasteiger partial charge on any atom is -0.444 e. The Morgan fingerprint density at radius 1 is 0.768 bits per heavy atom. The highest BCUT2D eigenvalue weighted by atomic mass is 32.2. The number of carbonyl (C=O) groups excluding carboxylic acids is 2. The first-order valence-corrected chi connectivity index (χ1v) is 20.4. The summed E-state index contributed by atoms with van der Waals surface area (Å²) >= 11 is 0. The Morgan fingerprint density at radius 3 is 1.93 bits per heavy atom. The molecule has 1 amide bonds. The van der Waals surface area contributed by atoms with Gasteiger partial charge in [-0.2, -0.15) is 4.31 Å². The second-order valence-electron chi connectivity index (χ2n) is 15.1. The number of carbonyl (C=O) groups is 2. The summed E-state index contributed by atoms with van der Waals surface area (Å²) in [4.78, 5) is 29.5. The number of nitrogens with zero attached hydrogens (tertiary/aromatic N) is 2. The molecule has 0 N–H and O–H groups in total. The normalized spacial score (nSPS) is 15.7. The molecular weight excluding hydrogens is 728 g/mol. The van der Waals surface area contributed by atoms with E-state index >= 15 is 4.39 Å². The van der Waals surface area contributed by atoms with E-state index < -0.39 is 45.6 Å². The molecule has 8 nitrogen and oxygen atoms in total. The summed E-state index contributed by atoms with van der Waals surface area (Å²) < 4.78 is 57.5. The molecule has 0 aliphatic carbocycles. The summed E-state index contributed by atoms with van der Waals surface area (Å²) in [7, 11) is -3.95. The summed E-state index contributed by atoms with van der Waals surface area (Å²) in [5.41, 5.74) is 2.83. The van der Waals surface area contributed by atoms with Gasteiger partial charge in [-0.15, -0.1) is 0 Å². The quantitative estimate of drug-likeness (QED) is 0.112. The van der Waals surface area contributed by atoms with Crippen LogP contribution >= 0.6 is 0 Å². The third-order valence-corrected chi connectivity index (χ3v) is 11.9. The van der Waals surface area contributed by atoms with Crippen molar-refractivity contribution in [2.24, 2.45) is 0 Å². The van der Waals surface area contributed by atoms with E-state index in [-0.39, 0.29) is 56.2 Å². The van der Waals surface area contributed by atoms with Crippen LogP contribution in [0.4, 0.5) is 9.18 Å². The number of hydrogen-bond donors (Lipinski definition) is 0. The number of hydrogen-bond acceptors (Lipinski definition) is 6. The number of Topliss-reactive ketones (excluding diaryl/α,β-unsaturated/α-hetero) is 1. The molecule has 6 rings (SSSR count). The third-order valence-electron chi connectivity index (χ3n) is 9.95. The van der Waals surface area contributed by atoms with Crippen molar-refractivity contribution in [3.63, 3.8) is 0 Å². The van der Waals surface area contributed by atoms with Crippen LogP contribution < -0.4 is 0 Å². The fraction of sp³-hybridized carbons (Fsp3) is 0.304. The molecular formula is C46H49FN2O6S. The topological polar surface area (TPSA) is 93.2 Å². The number of benzene rings is 5. The maximum atomic E-state index is 15.9. The molecule has 1 aliphatic heterocycles. The van der Waals surface area contributed by atoms with E-state index in [1.165, 1.54) is 15.3 Å². The highest BCUT2D eigenvalue weighted by molar-refractivity contribution is 7.89. The average molecular weight is 777 g/mol. The zero-order valence-electron chi connectivity index (χ0n) is 32.1. The first kappa shape index (κ1) is 40.5. The van der Waals surface area contributed by atoms with Crippen molar-refractivity contribution in [2.45, 2.75) is 75.2 Å². The number of ketones is 1. The van der Waals surface area contributed by atoms with Crippen LogP contribution in [0.2, 0.25) is 0 Å². The van der Waals surface area contributed by atoms with Crippen LogP contribution in [-0.2, 0) is 43.7 Å². The van der Waals surface area contributed by atoms with E-state index in [1.807, 2.05) is 91.0 Å². The standard InChI is InChI=1S/C46H49FN2O6S/c1-46(2,3)55-45(51)48-29-30-49(56(52,53)39-24-14-7-15-25-39)38(32-48)27-28-40-37(23-16-26-41(40)47)31-42(50)44(54-33-34-17-8-4-9-18-34)43(35-19-10-5-11-20-35)36-21-12-6-13-22-36/h4-26,38,43-44H,27-33H2,1-3H3/t38-,44?/m0/s1. The molecule has 5 aromatic rings. The summed E-state index contributed by atoms with van der Waals surface area (Å²) in [5.74, 6) is -1.15. The van der Waals surface area contributed by atoms with Crippen molar-refractivity contribution in [1.82, 2.24) is 9.21 Å². The van der Waals surface area contributed by atoms with E-state index in [1.54, 1.807) is 63.2 Å². The largest absolute Gasteiger partial charge is 0.444 e. The molecule has 5 aromatic carbocycles. The summed E-state index contributed by atoms with van der Waals surface area (Å²) in [5, 5.41) is 0. The van der Waals surface area contributed by atoms with Gasteiger partial charge < -0.3 is 14.4 Å². The molecule has 0 radical (unpaired) electrons. The van der Waals surface area contributed by atoms with Gasteiger partial charge in [-0.1, -0.05) is 121 Å². The van der Waals surface area contributed by atoms with Crippen LogP contribution in [-0.4, -0.2) is 66.9 Å². The van der Waals surface area contributed by atoms with Crippen LogP contribution in [0.3, 0.4) is 0 Å². The maximum absolute atomic E-state index is 15.9. The Hall–Kier alpha value is -5.16. The Kier molecular flexibility index (Phi) is 13.2. The van der Waals surface area contributed by atoms with Gasteiger partial charge in [-0.25, -0.2) is 17.6 Å². The molecule has 2 atom stereocenters. The fourth-order valence-corrected chi connectivity index (χ4v) is 8.92. The summed E-state index contributed by atoms with van der Waals surface area (Å²) in [6, 6.07) is 41.4. The van der Waals surface area contributed by atoms with E-state index in [0.29, 0.717) is 11.1 Å². The van der Waals surface area contributed by atoms with Crippen LogP contribution in [0.5, 0.6) is 0 Å². The van der Waals surface area contributed by atoms with Crippen LogP contribution in [0.15, 0.2) is 144 Å². The lowest BCUT2D eigenvalue weighted by Gasteiger charge is -2.41. The minimum absolute atomic E-state index is 0.0462. The Bertz CT molecular complexity index is 2120. The molecule has 56 heavy (non-hydrogen) atoms. The molecule has 292 valence electrons. The van der Waals surface area contributed by atoms with Crippen molar-refractivity contribution in [3.8, 4) is 0 Å². The highest BCUT2D eigenvalue weighted by Crippen LogP contribution is 2.33. The molecule has 1 aliphatic rings. The Balaban J connectivity index is 1.30. The summed E-state index contributed by atoms with van der Waals surface area (Å²) in [6.07, 6.45) is -1.24. The van der Waals surface area contributed by atoms with Crippen molar-refractivity contribution >= 4 is 21.9 Å². The Labute approximate surface area is 329 Å². The fourth-order valence-electron chi connectivity index (χ4n) is 7.26. The molecule has 10 heteroatoms. The monoisotopic (exact) mass is 776 g/mol. The van der Waals surface area contributed by atoms with Crippen molar-refractivity contribution < 1.29 is 31.9 Å². The summed E-state index contributed by atoms with van der Waals surface area (Å²) in [6.45, 7) is 5.78. The molecule has 1 unspecified atom stereocenters. The minimum atomic E-state index is -3.95. The average Bonchev–Trinajstić information content (AvgIpc) is 3.20. The smallest absolute Gasteiger partial charge is 0.410 e. The Morgan fingerprint density at radius 2 is 1.34 bits per heavy atom. The predicted molar refractivity (Wildman–Crippen MR) is 215 cm³/mol. The molecule has 0 aromatic heterocycles. The van der Waals surface area contributed by atoms with Gasteiger partial charge in [0.15, 0.2) is 5.78 Å². The molecule has 0 spiro atoms. The van der Waals surface area contributed by atoms with Crippen molar-refractivity contribution in [2.75, 3.05) is 19.6 Å². The van der Waals surface area contributed by atoms with E-state index in [0.717, 1.165) is 16.7 Å². The van der Waals surface area contributed by atoms with Crippen LogP contribution in [0.1, 0.15) is 60.9 Å². The second-order valence-corrected chi connectivity index (χ2v) is 17.0. The number of sulfonamides is 1. The first-order valence-electron chi connectivity index (χ1n) is 19.0. The van der Waals surface area contributed by atoms with Crippen molar-refractivity contribution in [3.05, 3.63) is 173 Å². The number of rotatable bonds is 14. The molecule has 0 bridgehead atoms. The van der Waals surface area contributed by atoms with Gasteiger partial charge in [-0.3, -0.25) is 4.79 Å². The van der Waals surface area contributed by atoms with Crippen LogP contribution in [0.25, 0.3) is 0 Å². The maximum Gasteiger partial charge on any atom is 0.410 e. The number of amides is 1. The zero-order valence-corrected chi connectivity index (χ0v) is 32.9. The molecule has 1 heterocycles. The van der Waals surface area contributed by atoms with Gasteiger partial charge in [0.25, 0.3) is 0 Å². The van der Waals surface area contributed by atoms with E-state index in [2.05, 4.69) is 0 Å². The van der Waals surface area contributed by atoms with E-state index in [9.17, 15) is 18.0 Å². The van der Waals surface area contributed by atoms with Gasteiger partial charge in [0.2, 0.25) is 10.0 Å². The molecule has 1 saturated heterocycles. The predicted octanol–water partition coefficient (Wildman–Crippen LogP) is 8.60. The molecule has 0 saturated carbocycles. The lowest BCUT2D eigenvalue weighted by molar-refractivity contribution is -0.131. The molecule has 1 fully saturated rings. The number of ether oxygens (including phenoxy) is 2.